The van der Waals surface area contributed by atoms with Gasteiger partial charge < -0.3 is 24.8 Å². The molecule has 1 aromatic rings. The molecule has 2 rings (SSSR count). The molecule has 0 aliphatic carbocycles. The Labute approximate surface area is 138 Å². The van der Waals surface area contributed by atoms with Crippen LogP contribution in [0.5, 0.6) is 11.5 Å². The SMILES string of the molecule is CCOc1cc(CNC(=NC)NCC2CCCO2)ccc1OC. The van der Waals surface area contributed by atoms with Crippen LogP contribution in [-0.4, -0.2) is 46.0 Å². The minimum atomic E-state index is 0.291. The summed E-state index contributed by atoms with van der Waals surface area (Å²) in [6.07, 6.45) is 2.55. The predicted octanol–water partition coefficient (Wildman–Crippen LogP) is 1.94. The summed E-state index contributed by atoms with van der Waals surface area (Å²) in [6, 6.07) is 5.93. The van der Waals surface area contributed by atoms with Gasteiger partial charge in [0.25, 0.3) is 0 Å². The van der Waals surface area contributed by atoms with Gasteiger partial charge in [0.05, 0.1) is 19.8 Å². The van der Waals surface area contributed by atoms with E-state index >= 15 is 0 Å². The highest BCUT2D eigenvalue weighted by molar-refractivity contribution is 5.79. The number of guanidine groups is 1. The van der Waals surface area contributed by atoms with Gasteiger partial charge in [0.1, 0.15) is 0 Å². The zero-order valence-corrected chi connectivity index (χ0v) is 14.2. The van der Waals surface area contributed by atoms with E-state index in [0.29, 0.717) is 19.3 Å². The van der Waals surface area contributed by atoms with E-state index in [9.17, 15) is 0 Å². The summed E-state index contributed by atoms with van der Waals surface area (Å²) in [5, 5.41) is 6.61. The third-order valence-corrected chi connectivity index (χ3v) is 3.73. The van der Waals surface area contributed by atoms with Gasteiger partial charge in [-0.2, -0.15) is 0 Å². The minimum absolute atomic E-state index is 0.291. The number of aliphatic imine (C=N–C) groups is 1. The maximum absolute atomic E-state index is 5.60. The summed E-state index contributed by atoms with van der Waals surface area (Å²) in [5.41, 5.74) is 1.11. The molecular formula is C17H27N3O3. The molecule has 0 radical (unpaired) electrons. The molecule has 1 atom stereocenters. The van der Waals surface area contributed by atoms with Crippen LogP contribution in [0.25, 0.3) is 0 Å². The number of hydrogen-bond acceptors (Lipinski definition) is 4. The van der Waals surface area contributed by atoms with Crippen molar-refractivity contribution >= 4 is 5.96 Å². The molecule has 1 aliphatic heterocycles. The van der Waals surface area contributed by atoms with Crippen molar-refractivity contribution in [3.05, 3.63) is 23.8 Å². The summed E-state index contributed by atoms with van der Waals surface area (Å²) in [6.45, 7) is 4.88. The van der Waals surface area contributed by atoms with Gasteiger partial charge >= 0.3 is 0 Å². The fourth-order valence-corrected chi connectivity index (χ4v) is 2.52. The number of nitrogens with zero attached hydrogens (tertiary/aromatic N) is 1. The molecule has 1 aliphatic rings. The molecule has 23 heavy (non-hydrogen) atoms. The lowest BCUT2D eigenvalue weighted by atomic mass is 10.2. The molecule has 0 bridgehead atoms. The van der Waals surface area contributed by atoms with Crippen LogP contribution < -0.4 is 20.1 Å². The van der Waals surface area contributed by atoms with E-state index in [0.717, 1.165) is 49.0 Å². The predicted molar refractivity (Wildman–Crippen MR) is 91.3 cm³/mol. The first-order valence-electron chi connectivity index (χ1n) is 8.12. The highest BCUT2D eigenvalue weighted by atomic mass is 16.5. The molecule has 0 amide bonds. The van der Waals surface area contributed by atoms with E-state index in [-0.39, 0.29) is 0 Å². The zero-order valence-electron chi connectivity index (χ0n) is 14.2. The van der Waals surface area contributed by atoms with Gasteiger partial charge in [0.15, 0.2) is 17.5 Å². The van der Waals surface area contributed by atoms with E-state index in [2.05, 4.69) is 15.6 Å². The monoisotopic (exact) mass is 321 g/mol. The maximum Gasteiger partial charge on any atom is 0.191 e. The first-order valence-corrected chi connectivity index (χ1v) is 8.12. The molecule has 1 aromatic carbocycles. The number of ether oxygens (including phenoxy) is 3. The Bertz CT molecular complexity index is 514. The van der Waals surface area contributed by atoms with Crippen LogP contribution in [0.3, 0.4) is 0 Å². The molecule has 1 fully saturated rings. The fraction of sp³-hybridized carbons (Fsp3) is 0.588. The number of rotatable bonds is 7. The summed E-state index contributed by atoms with van der Waals surface area (Å²) in [7, 11) is 3.41. The molecule has 0 aromatic heterocycles. The molecule has 6 nitrogen and oxygen atoms in total. The number of benzene rings is 1. The van der Waals surface area contributed by atoms with E-state index in [1.165, 1.54) is 0 Å². The molecule has 128 valence electrons. The average molecular weight is 321 g/mol. The first kappa shape index (κ1) is 17.4. The van der Waals surface area contributed by atoms with Crippen molar-refractivity contribution in [1.29, 1.82) is 0 Å². The van der Waals surface area contributed by atoms with Crippen LogP contribution in [-0.2, 0) is 11.3 Å². The van der Waals surface area contributed by atoms with Crippen LogP contribution in [0.15, 0.2) is 23.2 Å². The smallest absolute Gasteiger partial charge is 0.191 e. The first-order chi connectivity index (χ1) is 11.3. The van der Waals surface area contributed by atoms with E-state index in [1.54, 1.807) is 14.2 Å². The lowest BCUT2D eigenvalue weighted by molar-refractivity contribution is 0.114. The van der Waals surface area contributed by atoms with E-state index in [1.807, 2.05) is 25.1 Å². The Morgan fingerprint density at radius 1 is 1.35 bits per heavy atom. The highest BCUT2D eigenvalue weighted by Crippen LogP contribution is 2.27. The van der Waals surface area contributed by atoms with E-state index in [4.69, 9.17) is 14.2 Å². The molecule has 2 N–H and O–H groups in total. The number of methoxy groups -OCH3 is 1. The lowest BCUT2D eigenvalue weighted by Gasteiger charge is -2.16. The van der Waals surface area contributed by atoms with Crippen molar-refractivity contribution in [2.45, 2.75) is 32.4 Å². The Balaban J connectivity index is 1.86. The van der Waals surface area contributed by atoms with Gasteiger partial charge in [-0.05, 0) is 37.5 Å². The summed E-state index contributed by atoms with van der Waals surface area (Å²) < 4.78 is 16.5. The second-order valence-corrected chi connectivity index (χ2v) is 5.36. The van der Waals surface area contributed by atoms with Gasteiger partial charge in [-0.1, -0.05) is 6.07 Å². The second-order valence-electron chi connectivity index (χ2n) is 5.36. The molecule has 0 saturated carbocycles. The Morgan fingerprint density at radius 2 is 2.22 bits per heavy atom. The summed E-state index contributed by atoms with van der Waals surface area (Å²) in [4.78, 5) is 4.24. The molecule has 1 saturated heterocycles. The summed E-state index contributed by atoms with van der Waals surface area (Å²) in [5.74, 6) is 2.28. The van der Waals surface area contributed by atoms with Gasteiger partial charge in [0, 0.05) is 26.7 Å². The Kier molecular flexibility index (Phi) is 7.00. The lowest BCUT2D eigenvalue weighted by Crippen LogP contribution is -2.40. The topological polar surface area (TPSA) is 64.1 Å². The van der Waals surface area contributed by atoms with Gasteiger partial charge in [-0.25, -0.2) is 0 Å². The Morgan fingerprint density at radius 3 is 2.87 bits per heavy atom. The molecule has 1 heterocycles. The van der Waals surface area contributed by atoms with Crippen molar-refractivity contribution in [3.8, 4) is 11.5 Å². The van der Waals surface area contributed by atoms with Crippen LogP contribution in [0, 0.1) is 0 Å². The van der Waals surface area contributed by atoms with Crippen LogP contribution in [0.4, 0.5) is 0 Å². The van der Waals surface area contributed by atoms with Crippen molar-refractivity contribution in [3.63, 3.8) is 0 Å². The van der Waals surface area contributed by atoms with Gasteiger partial charge in [-0.3, -0.25) is 4.99 Å². The molecule has 1 unspecified atom stereocenters. The molecule has 0 spiro atoms. The molecule has 6 heteroatoms. The third-order valence-electron chi connectivity index (χ3n) is 3.73. The van der Waals surface area contributed by atoms with Crippen molar-refractivity contribution in [2.75, 3.05) is 33.9 Å². The molecular weight excluding hydrogens is 294 g/mol. The maximum atomic E-state index is 5.60. The fourth-order valence-electron chi connectivity index (χ4n) is 2.52. The number of hydrogen-bond donors (Lipinski definition) is 2. The number of nitrogens with one attached hydrogen (secondary N) is 2. The van der Waals surface area contributed by atoms with Crippen LogP contribution >= 0.6 is 0 Å². The quantitative estimate of drug-likeness (QED) is 0.593. The standard InChI is InChI=1S/C17H27N3O3/c1-4-22-16-10-13(7-8-15(16)21-3)11-19-17(18-2)20-12-14-6-5-9-23-14/h7-8,10,14H,4-6,9,11-12H2,1-3H3,(H2,18,19,20). The largest absolute Gasteiger partial charge is 0.493 e. The van der Waals surface area contributed by atoms with Crippen LogP contribution in [0.1, 0.15) is 25.3 Å². The average Bonchev–Trinajstić information content (AvgIpc) is 3.09. The van der Waals surface area contributed by atoms with Gasteiger partial charge in [0.2, 0.25) is 0 Å². The second kappa shape index (κ2) is 9.25. The summed E-state index contributed by atoms with van der Waals surface area (Å²) >= 11 is 0. The van der Waals surface area contributed by atoms with Crippen LogP contribution in [0.2, 0.25) is 0 Å². The van der Waals surface area contributed by atoms with E-state index < -0.39 is 0 Å². The highest BCUT2D eigenvalue weighted by Gasteiger charge is 2.15. The van der Waals surface area contributed by atoms with Crippen molar-refractivity contribution < 1.29 is 14.2 Å². The normalized spacial score (nSPS) is 17.9. The Hall–Kier alpha value is -1.95. The van der Waals surface area contributed by atoms with Crippen molar-refractivity contribution in [1.82, 2.24) is 10.6 Å². The zero-order chi connectivity index (χ0) is 16.5. The van der Waals surface area contributed by atoms with Crippen molar-refractivity contribution in [2.24, 2.45) is 4.99 Å². The minimum Gasteiger partial charge on any atom is -0.493 e. The van der Waals surface area contributed by atoms with Gasteiger partial charge in [-0.15, -0.1) is 0 Å². The third kappa shape index (κ3) is 5.32.